The number of rotatable bonds is 3. The fourth-order valence-corrected chi connectivity index (χ4v) is 2.90. The second kappa shape index (κ2) is 5.85. The number of hydrogen-bond acceptors (Lipinski definition) is 4. The Bertz CT molecular complexity index is 855. The Labute approximate surface area is 139 Å². The van der Waals surface area contributed by atoms with Gasteiger partial charge < -0.3 is 9.15 Å². The van der Waals surface area contributed by atoms with E-state index in [2.05, 4.69) is 10.3 Å². The molecule has 2 aromatic carbocycles. The number of anilines is 1. The van der Waals surface area contributed by atoms with Crippen LogP contribution in [0.4, 0.5) is 6.01 Å². The summed E-state index contributed by atoms with van der Waals surface area (Å²) in [6, 6.07) is 15.3. The third kappa shape index (κ3) is 2.44. The van der Waals surface area contributed by atoms with Gasteiger partial charge in [-0.15, -0.1) is 0 Å². The number of oxazole rings is 1. The number of para-hydroxylation sites is 2. The van der Waals surface area contributed by atoms with Crippen LogP contribution >= 0.6 is 0 Å². The van der Waals surface area contributed by atoms with Gasteiger partial charge in [0.2, 0.25) is 5.91 Å². The Balaban J connectivity index is 1.72. The van der Waals surface area contributed by atoms with Crippen LogP contribution in [0.1, 0.15) is 29.7 Å². The van der Waals surface area contributed by atoms with Gasteiger partial charge in [0, 0.05) is 17.5 Å². The van der Waals surface area contributed by atoms with Gasteiger partial charge >= 0.3 is 6.01 Å². The number of aromatic nitrogens is 1. The molecular weight excluding hydrogens is 304 g/mol. The van der Waals surface area contributed by atoms with Crippen molar-refractivity contribution in [2.45, 2.75) is 19.3 Å². The summed E-state index contributed by atoms with van der Waals surface area (Å²) in [5.74, 6) is 1.46. The number of fused-ring (bicyclic) bond motifs is 2. The summed E-state index contributed by atoms with van der Waals surface area (Å²) in [4.78, 5) is 17.0. The fraction of sp³-hybridized carbons (Fsp3) is 0.158. The molecule has 120 valence electrons. The largest absolute Gasteiger partial charge is 0.457 e. The molecule has 0 radical (unpaired) electrons. The van der Waals surface area contributed by atoms with E-state index >= 15 is 0 Å². The zero-order valence-corrected chi connectivity index (χ0v) is 13.2. The summed E-state index contributed by atoms with van der Waals surface area (Å²) < 4.78 is 11.4. The van der Waals surface area contributed by atoms with E-state index in [0.29, 0.717) is 11.5 Å². The van der Waals surface area contributed by atoms with Gasteiger partial charge in [0.15, 0.2) is 0 Å². The summed E-state index contributed by atoms with van der Waals surface area (Å²) in [5.41, 5.74) is 1.66. The number of aryl methyl sites for hydroxylation is 1. The first-order valence-corrected chi connectivity index (χ1v) is 7.87. The van der Waals surface area contributed by atoms with Gasteiger partial charge in [-0.25, -0.2) is 4.98 Å². The molecule has 3 aromatic rings. The van der Waals surface area contributed by atoms with Crippen LogP contribution in [0.15, 0.2) is 59.1 Å². The van der Waals surface area contributed by atoms with Crippen LogP contribution < -0.4 is 10.1 Å². The Morgan fingerprint density at radius 1 is 1.08 bits per heavy atom. The van der Waals surface area contributed by atoms with Crippen LogP contribution in [0.5, 0.6) is 11.5 Å². The molecule has 0 spiro atoms. The average Bonchev–Trinajstić information content (AvgIpc) is 3.07. The highest BCUT2D eigenvalue weighted by Crippen LogP contribution is 2.44. The molecule has 1 aliphatic heterocycles. The molecule has 4 rings (SSSR count). The van der Waals surface area contributed by atoms with Crippen molar-refractivity contribution >= 4 is 11.9 Å². The molecule has 1 aliphatic rings. The predicted molar refractivity (Wildman–Crippen MR) is 89.3 cm³/mol. The number of nitrogens with one attached hydrogen (secondary N) is 1. The minimum Gasteiger partial charge on any atom is -0.457 e. The van der Waals surface area contributed by atoms with Crippen LogP contribution in [-0.2, 0) is 11.2 Å². The predicted octanol–water partition coefficient (Wildman–Crippen LogP) is 4.11. The normalized spacial score (nSPS) is 12.9. The molecule has 1 amide bonds. The topological polar surface area (TPSA) is 64.4 Å². The Kier molecular flexibility index (Phi) is 3.54. The number of nitrogens with zero attached hydrogens (tertiary/aromatic N) is 1. The van der Waals surface area contributed by atoms with E-state index in [1.807, 2.05) is 55.5 Å². The number of amides is 1. The van der Waals surface area contributed by atoms with Crippen LogP contribution in [0, 0.1) is 0 Å². The Morgan fingerprint density at radius 3 is 2.29 bits per heavy atom. The molecule has 0 aliphatic carbocycles. The van der Waals surface area contributed by atoms with Gasteiger partial charge in [0.1, 0.15) is 17.3 Å². The molecule has 5 nitrogen and oxygen atoms in total. The lowest BCUT2D eigenvalue weighted by atomic mass is 9.87. The molecule has 0 bridgehead atoms. The molecular formula is C19H16N2O3. The maximum Gasteiger partial charge on any atom is 0.301 e. The smallest absolute Gasteiger partial charge is 0.301 e. The number of ether oxygens (including phenoxy) is 1. The maximum absolute atomic E-state index is 12.9. The molecule has 1 N–H and O–H groups in total. The number of carbonyl (C=O) groups is 1. The number of hydrogen-bond donors (Lipinski definition) is 1. The highest BCUT2D eigenvalue weighted by atomic mass is 16.5. The van der Waals surface area contributed by atoms with Gasteiger partial charge in [-0.05, 0) is 12.1 Å². The molecule has 2 heterocycles. The highest BCUT2D eigenvalue weighted by Gasteiger charge is 2.32. The van der Waals surface area contributed by atoms with Crippen molar-refractivity contribution in [2.24, 2.45) is 0 Å². The third-order valence-corrected chi connectivity index (χ3v) is 4.07. The summed E-state index contributed by atoms with van der Waals surface area (Å²) in [6.45, 7) is 1.97. The zero-order valence-electron chi connectivity index (χ0n) is 13.2. The molecule has 0 fully saturated rings. The van der Waals surface area contributed by atoms with Gasteiger partial charge in [-0.2, -0.15) is 0 Å². The second-order valence-electron chi connectivity index (χ2n) is 5.59. The molecule has 24 heavy (non-hydrogen) atoms. The highest BCUT2D eigenvalue weighted by molar-refractivity contribution is 5.98. The van der Waals surface area contributed by atoms with Crippen molar-refractivity contribution in [2.75, 3.05) is 5.32 Å². The van der Waals surface area contributed by atoms with E-state index in [0.717, 1.165) is 23.3 Å². The lowest BCUT2D eigenvalue weighted by molar-refractivity contribution is -0.117. The number of benzene rings is 2. The summed E-state index contributed by atoms with van der Waals surface area (Å²) in [6.07, 6.45) is 2.35. The van der Waals surface area contributed by atoms with E-state index in [1.54, 1.807) is 6.20 Å². The van der Waals surface area contributed by atoms with Crippen molar-refractivity contribution in [1.82, 2.24) is 4.98 Å². The van der Waals surface area contributed by atoms with Crippen LogP contribution in [0.3, 0.4) is 0 Å². The molecule has 5 heteroatoms. The first-order chi connectivity index (χ1) is 11.8. The second-order valence-corrected chi connectivity index (χ2v) is 5.59. The first kappa shape index (κ1) is 14.5. The molecule has 0 atom stereocenters. The quantitative estimate of drug-likeness (QED) is 0.788. The van der Waals surface area contributed by atoms with Gasteiger partial charge in [0.05, 0.1) is 12.1 Å². The summed E-state index contributed by atoms with van der Waals surface area (Å²) >= 11 is 0. The monoisotopic (exact) mass is 320 g/mol. The summed E-state index contributed by atoms with van der Waals surface area (Å²) in [7, 11) is 0. The van der Waals surface area contributed by atoms with Crippen molar-refractivity contribution in [3.05, 3.63) is 71.6 Å². The lowest BCUT2D eigenvalue weighted by Crippen LogP contribution is -2.25. The Hall–Kier alpha value is -3.08. The van der Waals surface area contributed by atoms with Gasteiger partial charge in [-0.1, -0.05) is 43.3 Å². The fourth-order valence-electron chi connectivity index (χ4n) is 2.90. The Morgan fingerprint density at radius 2 is 1.71 bits per heavy atom. The van der Waals surface area contributed by atoms with Gasteiger partial charge in [0.25, 0.3) is 0 Å². The van der Waals surface area contributed by atoms with Crippen LogP contribution in [-0.4, -0.2) is 10.9 Å². The minimum atomic E-state index is -0.469. The molecule has 0 saturated heterocycles. The minimum absolute atomic E-state index is 0.192. The molecule has 1 aromatic heterocycles. The third-order valence-electron chi connectivity index (χ3n) is 4.07. The van der Waals surface area contributed by atoms with E-state index in [-0.39, 0.29) is 11.9 Å². The van der Waals surface area contributed by atoms with Crippen molar-refractivity contribution in [3.8, 4) is 11.5 Å². The molecule has 0 unspecified atom stereocenters. The maximum atomic E-state index is 12.9. The average molecular weight is 320 g/mol. The molecule has 0 saturated carbocycles. The van der Waals surface area contributed by atoms with Crippen molar-refractivity contribution < 1.29 is 13.9 Å². The van der Waals surface area contributed by atoms with E-state index < -0.39 is 5.92 Å². The van der Waals surface area contributed by atoms with Crippen LogP contribution in [0.2, 0.25) is 0 Å². The van der Waals surface area contributed by atoms with Crippen LogP contribution in [0.25, 0.3) is 0 Å². The number of carbonyl (C=O) groups excluding carboxylic acids is 1. The van der Waals surface area contributed by atoms with Gasteiger partial charge in [-0.3, -0.25) is 10.1 Å². The SMILES string of the molecule is CCc1cnc(NC(=O)C2c3ccccc3Oc3ccccc32)o1. The van der Waals surface area contributed by atoms with Crippen molar-refractivity contribution in [3.63, 3.8) is 0 Å². The van der Waals surface area contributed by atoms with Crippen molar-refractivity contribution in [1.29, 1.82) is 0 Å². The lowest BCUT2D eigenvalue weighted by Gasteiger charge is -2.26. The first-order valence-electron chi connectivity index (χ1n) is 7.87. The van der Waals surface area contributed by atoms with E-state index in [9.17, 15) is 4.79 Å². The standard InChI is InChI=1S/C19H16N2O3/c1-2-12-11-20-19(23-12)21-18(22)17-13-7-3-5-9-15(13)24-16-10-6-4-8-14(16)17/h3-11,17H,2H2,1H3,(H,20,21,22). The van der Waals surface area contributed by atoms with E-state index in [1.165, 1.54) is 0 Å². The summed E-state index contributed by atoms with van der Waals surface area (Å²) in [5, 5.41) is 2.78. The zero-order chi connectivity index (χ0) is 16.5. The van der Waals surface area contributed by atoms with E-state index in [4.69, 9.17) is 9.15 Å².